The van der Waals surface area contributed by atoms with Gasteiger partial charge >= 0.3 is 0 Å². The van der Waals surface area contributed by atoms with Crippen LogP contribution in [0.5, 0.6) is 0 Å². The second-order valence-corrected chi connectivity index (χ2v) is 5.90. The van der Waals surface area contributed by atoms with Gasteiger partial charge in [-0.3, -0.25) is 0 Å². The predicted octanol–water partition coefficient (Wildman–Crippen LogP) is 3.67. The van der Waals surface area contributed by atoms with E-state index in [9.17, 15) is 0 Å². The first-order valence-corrected chi connectivity index (χ1v) is 7.63. The predicted molar refractivity (Wildman–Crippen MR) is 76.4 cm³/mol. The molecule has 100 valence electrons. The number of nitrogens with one attached hydrogen (secondary N) is 1. The molecule has 1 fully saturated rings. The van der Waals surface area contributed by atoms with Gasteiger partial charge in [0.05, 0.1) is 6.54 Å². The van der Waals surface area contributed by atoms with Crippen molar-refractivity contribution in [3.8, 4) is 0 Å². The topological polar surface area (TPSA) is 51.0 Å². The molecule has 1 aliphatic rings. The van der Waals surface area contributed by atoms with Gasteiger partial charge < -0.3 is 9.73 Å². The molecule has 0 unspecified atom stereocenters. The molecule has 0 amide bonds. The van der Waals surface area contributed by atoms with E-state index in [1.165, 1.54) is 17.7 Å². The van der Waals surface area contributed by atoms with Crippen molar-refractivity contribution in [3.63, 3.8) is 0 Å². The number of para-hydroxylation sites is 1. The number of benzene rings is 1. The van der Waals surface area contributed by atoms with Crippen molar-refractivity contribution >= 4 is 17.4 Å². The quantitative estimate of drug-likeness (QED) is 0.815. The first-order valence-electron chi connectivity index (χ1n) is 6.64. The Hall–Kier alpha value is -1.49. The molecule has 1 heterocycles. The van der Waals surface area contributed by atoms with Crippen LogP contribution >= 0.6 is 11.8 Å². The van der Waals surface area contributed by atoms with Crippen molar-refractivity contribution in [2.45, 2.75) is 37.1 Å². The fraction of sp³-hybridized carbons (Fsp3) is 0.429. The molecule has 0 radical (unpaired) electrons. The highest BCUT2D eigenvalue weighted by molar-refractivity contribution is 7.99. The van der Waals surface area contributed by atoms with Crippen LogP contribution in [0, 0.1) is 0 Å². The molecule has 1 N–H and O–H groups in total. The summed E-state index contributed by atoms with van der Waals surface area (Å²) in [5, 5.41) is 11.5. The third-order valence-electron chi connectivity index (χ3n) is 3.03. The van der Waals surface area contributed by atoms with Crippen LogP contribution in [0.15, 0.2) is 33.6 Å². The third-order valence-corrected chi connectivity index (χ3v) is 3.98. The molecule has 0 atom stereocenters. The van der Waals surface area contributed by atoms with E-state index < -0.39 is 0 Å². The fourth-order valence-corrected chi connectivity index (χ4v) is 2.68. The van der Waals surface area contributed by atoms with Crippen LogP contribution in [0.25, 0.3) is 0 Å². The third kappa shape index (κ3) is 3.10. The first-order chi connectivity index (χ1) is 9.36. The van der Waals surface area contributed by atoms with E-state index >= 15 is 0 Å². The lowest BCUT2D eigenvalue weighted by atomic mass is 10.3. The van der Waals surface area contributed by atoms with Crippen molar-refractivity contribution in [2.24, 2.45) is 0 Å². The number of hydrogen-bond donors (Lipinski definition) is 1. The largest absolute Gasteiger partial charge is 0.423 e. The number of aromatic nitrogens is 2. The Morgan fingerprint density at radius 1 is 1.32 bits per heavy atom. The van der Waals surface area contributed by atoms with E-state index in [1.54, 1.807) is 0 Å². The van der Waals surface area contributed by atoms with Crippen LogP contribution in [-0.2, 0) is 6.54 Å². The monoisotopic (exact) mass is 275 g/mol. The highest BCUT2D eigenvalue weighted by atomic mass is 32.2. The maximum atomic E-state index is 5.64. The van der Waals surface area contributed by atoms with Crippen LogP contribution in [-0.4, -0.2) is 16.0 Å². The molecule has 3 rings (SSSR count). The summed E-state index contributed by atoms with van der Waals surface area (Å²) in [4.78, 5) is 1.26. The molecule has 0 aliphatic heterocycles. The van der Waals surface area contributed by atoms with E-state index in [4.69, 9.17) is 4.42 Å². The van der Waals surface area contributed by atoms with Crippen molar-refractivity contribution in [3.05, 3.63) is 36.0 Å². The van der Waals surface area contributed by atoms with E-state index in [0.717, 1.165) is 17.3 Å². The Bertz CT molecular complexity index is 551. The SMILES string of the molecule is CCSc1ccccc1NCc1nnc(C2CC2)o1. The summed E-state index contributed by atoms with van der Waals surface area (Å²) in [7, 11) is 0. The molecule has 19 heavy (non-hydrogen) atoms. The molecule has 1 aromatic carbocycles. The zero-order valence-electron chi connectivity index (χ0n) is 10.9. The Labute approximate surface area is 117 Å². The lowest BCUT2D eigenvalue weighted by molar-refractivity contribution is 0.457. The van der Waals surface area contributed by atoms with Crippen LogP contribution < -0.4 is 5.32 Å². The van der Waals surface area contributed by atoms with E-state index in [-0.39, 0.29) is 0 Å². The average molecular weight is 275 g/mol. The summed E-state index contributed by atoms with van der Waals surface area (Å²) in [5.41, 5.74) is 1.13. The maximum absolute atomic E-state index is 5.64. The lowest BCUT2D eigenvalue weighted by Gasteiger charge is -2.08. The molecule has 1 saturated carbocycles. The Kier molecular flexibility index (Phi) is 3.73. The fourth-order valence-electron chi connectivity index (χ4n) is 1.90. The van der Waals surface area contributed by atoms with Gasteiger partial charge in [-0.15, -0.1) is 22.0 Å². The minimum atomic E-state index is 0.518. The standard InChI is InChI=1S/C14H17N3OS/c1-2-19-12-6-4-3-5-11(12)15-9-13-16-17-14(18-13)10-7-8-10/h3-6,10,15H,2,7-9H2,1H3. The number of rotatable bonds is 6. The van der Waals surface area contributed by atoms with Gasteiger partial charge in [0.1, 0.15) is 0 Å². The summed E-state index contributed by atoms with van der Waals surface area (Å²) < 4.78 is 5.64. The second kappa shape index (κ2) is 5.65. The molecule has 2 aromatic rings. The molecule has 4 nitrogen and oxygen atoms in total. The number of hydrogen-bond acceptors (Lipinski definition) is 5. The van der Waals surface area contributed by atoms with Crippen LogP contribution in [0.1, 0.15) is 37.5 Å². The van der Waals surface area contributed by atoms with Gasteiger partial charge in [0, 0.05) is 16.5 Å². The minimum Gasteiger partial charge on any atom is -0.423 e. The summed E-state index contributed by atoms with van der Waals surface area (Å²) in [5.74, 6) is 3.04. The van der Waals surface area contributed by atoms with Gasteiger partial charge in [0.2, 0.25) is 11.8 Å². The molecule has 0 spiro atoms. The average Bonchev–Trinajstić information content (AvgIpc) is 3.18. The van der Waals surface area contributed by atoms with Crippen molar-refractivity contribution in [1.82, 2.24) is 10.2 Å². The Balaban J connectivity index is 1.64. The van der Waals surface area contributed by atoms with E-state index in [2.05, 4.69) is 40.6 Å². The van der Waals surface area contributed by atoms with Gasteiger partial charge in [0.15, 0.2) is 0 Å². The van der Waals surface area contributed by atoms with Crippen molar-refractivity contribution < 1.29 is 4.42 Å². The number of anilines is 1. The lowest BCUT2D eigenvalue weighted by Crippen LogP contribution is -2.00. The number of thioether (sulfide) groups is 1. The zero-order chi connectivity index (χ0) is 13.1. The zero-order valence-corrected chi connectivity index (χ0v) is 11.7. The van der Waals surface area contributed by atoms with Gasteiger partial charge in [-0.25, -0.2) is 0 Å². The summed E-state index contributed by atoms with van der Waals surface area (Å²) >= 11 is 1.83. The highest BCUT2D eigenvalue weighted by Gasteiger charge is 2.29. The summed E-state index contributed by atoms with van der Waals surface area (Å²) in [6, 6.07) is 8.29. The van der Waals surface area contributed by atoms with Crippen molar-refractivity contribution in [2.75, 3.05) is 11.1 Å². The molecule has 1 aromatic heterocycles. The normalized spacial score (nSPS) is 14.6. The molecule has 0 bridgehead atoms. The van der Waals surface area contributed by atoms with Crippen LogP contribution in [0.2, 0.25) is 0 Å². The Morgan fingerprint density at radius 2 is 2.16 bits per heavy atom. The van der Waals surface area contributed by atoms with Crippen LogP contribution in [0.4, 0.5) is 5.69 Å². The van der Waals surface area contributed by atoms with Gasteiger partial charge in [-0.1, -0.05) is 19.1 Å². The van der Waals surface area contributed by atoms with E-state index in [1.807, 2.05) is 17.8 Å². The molecule has 5 heteroatoms. The molecular formula is C14H17N3OS. The molecular weight excluding hydrogens is 258 g/mol. The Morgan fingerprint density at radius 3 is 2.95 bits per heavy atom. The summed E-state index contributed by atoms with van der Waals surface area (Å²) in [6.45, 7) is 2.74. The van der Waals surface area contributed by atoms with Crippen LogP contribution in [0.3, 0.4) is 0 Å². The second-order valence-electron chi connectivity index (χ2n) is 4.59. The highest BCUT2D eigenvalue weighted by Crippen LogP contribution is 2.39. The van der Waals surface area contributed by atoms with Gasteiger partial charge in [0.25, 0.3) is 0 Å². The van der Waals surface area contributed by atoms with Gasteiger partial charge in [-0.2, -0.15) is 0 Å². The smallest absolute Gasteiger partial charge is 0.235 e. The molecule has 0 saturated heterocycles. The van der Waals surface area contributed by atoms with Crippen molar-refractivity contribution in [1.29, 1.82) is 0 Å². The molecule has 1 aliphatic carbocycles. The van der Waals surface area contributed by atoms with E-state index in [0.29, 0.717) is 18.4 Å². The summed E-state index contributed by atoms with van der Waals surface area (Å²) in [6.07, 6.45) is 2.37. The minimum absolute atomic E-state index is 0.518. The number of nitrogens with zero attached hydrogens (tertiary/aromatic N) is 2. The first kappa shape index (κ1) is 12.5. The van der Waals surface area contributed by atoms with Gasteiger partial charge in [-0.05, 0) is 30.7 Å². The maximum Gasteiger partial charge on any atom is 0.235 e.